The SMILES string of the molecule is CCNC/C=C/COc1ccc(C)c(C)c1. The molecule has 1 N–H and O–H groups in total. The van der Waals surface area contributed by atoms with Gasteiger partial charge in [-0.25, -0.2) is 0 Å². The molecule has 0 aliphatic heterocycles. The Hall–Kier alpha value is -1.28. The predicted octanol–water partition coefficient (Wildman–Crippen LogP) is 2.85. The van der Waals surface area contributed by atoms with Crippen LogP contribution in [0.25, 0.3) is 0 Å². The summed E-state index contributed by atoms with van der Waals surface area (Å²) in [4.78, 5) is 0. The van der Waals surface area contributed by atoms with Crippen molar-refractivity contribution in [3.8, 4) is 5.75 Å². The molecule has 0 unspecified atom stereocenters. The highest BCUT2D eigenvalue weighted by atomic mass is 16.5. The van der Waals surface area contributed by atoms with E-state index < -0.39 is 0 Å². The first kappa shape index (κ1) is 12.8. The van der Waals surface area contributed by atoms with Crippen molar-refractivity contribution in [1.29, 1.82) is 0 Å². The third-order valence-corrected chi connectivity index (χ3v) is 2.50. The van der Waals surface area contributed by atoms with E-state index in [1.165, 1.54) is 11.1 Å². The fraction of sp³-hybridized carbons (Fsp3) is 0.429. The molecule has 0 atom stereocenters. The zero-order valence-corrected chi connectivity index (χ0v) is 10.4. The number of rotatable bonds is 6. The Bertz CT molecular complexity index is 345. The maximum absolute atomic E-state index is 5.61. The molecular formula is C14H21NO. The number of benzene rings is 1. The van der Waals surface area contributed by atoms with Crippen LogP contribution in [0.1, 0.15) is 18.1 Å². The van der Waals surface area contributed by atoms with Crippen molar-refractivity contribution in [2.24, 2.45) is 0 Å². The fourth-order valence-corrected chi connectivity index (χ4v) is 1.33. The van der Waals surface area contributed by atoms with Crippen molar-refractivity contribution in [1.82, 2.24) is 5.32 Å². The van der Waals surface area contributed by atoms with E-state index in [4.69, 9.17) is 4.74 Å². The normalized spacial score (nSPS) is 10.9. The number of hydrogen-bond donors (Lipinski definition) is 1. The molecule has 0 radical (unpaired) electrons. The maximum Gasteiger partial charge on any atom is 0.120 e. The van der Waals surface area contributed by atoms with Gasteiger partial charge in [0.05, 0.1) is 0 Å². The molecule has 0 aliphatic carbocycles. The summed E-state index contributed by atoms with van der Waals surface area (Å²) in [7, 11) is 0. The van der Waals surface area contributed by atoms with Crippen LogP contribution in [0.2, 0.25) is 0 Å². The highest BCUT2D eigenvalue weighted by Crippen LogP contribution is 2.16. The minimum Gasteiger partial charge on any atom is -0.490 e. The van der Waals surface area contributed by atoms with Gasteiger partial charge in [-0.15, -0.1) is 0 Å². The first-order valence-corrected chi connectivity index (χ1v) is 5.79. The summed E-state index contributed by atoms with van der Waals surface area (Å²) in [5.41, 5.74) is 2.57. The predicted molar refractivity (Wildman–Crippen MR) is 69.1 cm³/mol. The second-order valence-electron chi connectivity index (χ2n) is 3.84. The van der Waals surface area contributed by atoms with E-state index in [2.05, 4.69) is 44.3 Å². The Morgan fingerprint density at radius 3 is 2.69 bits per heavy atom. The lowest BCUT2D eigenvalue weighted by atomic mass is 10.1. The van der Waals surface area contributed by atoms with E-state index >= 15 is 0 Å². The lowest BCUT2D eigenvalue weighted by Gasteiger charge is -2.05. The third kappa shape index (κ3) is 4.49. The van der Waals surface area contributed by atoms with E-state index in [1.807, 2.05) is 12.1 Å². The molecular weight excluding hydrogens is 198 g/mol. The highest BCUT2D eigenvalue weighted by Gasteiger charge is 1.95. The van der Waals surface area contributed by atoms with Gasteiger partial charge in [-0.05, 0) is 43.7 Å². The molecule has 0 bridgehead atoms. The van der Waals surface area contributed by atoms with Crippen LogP contribution in [-0.4, -0.2) is 19.7 Å². The number of aryl methyl sites for hydroxylation is 2. The van der Waals surface area contributed by atoms with Gasteiger partial charge in [0.15, 0.2) is 0 Å². The molecule has 88 valence electrons. The summed E-state index contributed by atoms with van der Waals surface area (Å²) in [6.45, 7) is 8.85. The molecule has 0 aromatic heterocycles. The molecule has 0 amide bonds. The molecule has 0 spiro atoms. The molecule has 0 fully saturated rings. The number of likely N-dealkylation sites (N-methyl/N-ethyl adjacent to an activating group) is 1. The topological polar surface area (TPSA) is 21.3 Å². The van der Waals surface area contributed by atoms with Gasteiger partial charge in [0.25, 0.3) is 0 Å². The second-order valence-corrected chi connectivity index (χ2v) is 3.84. The largest absolute Gasteiger partial charge is 0.490 e. The van der Waals surface area contributed by atoms with Gasteiger partial charge in [-0.2, -0.15) is 0 Å². The Labute approximate surface area is 98.3 Å². The molecule has 1 aromatic rings. The summed E-state index contributed by atoms with van der Waals surface area (Å²) < 4.78 is 5.61. The van der Waals surface area contributed by atoms with Crippen LogP contribution in [0.15, 0.2) is 30.4 Å². The molecule has 2 nitrogen and oxygen atoms in total. The first-order chi connectivity index (χ1) is 7.74. The molecule has 16 heavy (non-hydrogen) atoms. The van der Waals surface area contributed by atoms with Crippen LogP contribution in [0.5, 0.6) is 5.75 Å². The van der Waals surface area contributed by atoms with Gasteiger partial charge in [0.2, 0.25) is 0 Å². The van der Waals surface area contributed by atoms with Crippen molar-refractivity contribution in [2.45, 2.75) is 20.8 Å². The van der Waals surface area contributed by atoms with E-state index in [0.29, 0.717) is 6.61 Å². The number of hydrogen-bond acceptors (Lipinski definition) is 2. The van der Waals surface area contributed by atoms with Crippen molar-refractivity contribution in [3.05, 3.63) is 41.5 Å². The maximum atomic E-state index is 5.61. The summed E-state index contributed by atoms with van der Waals surface area (Å²) >= 11 is 0. The number of ether oxygens (including phenoxy) is 1. The quantitative estimate of drug-likeness (QED) is 0.587. The summed E-state index contributed by atoms with van der Waals surface area (Å²) in [5.74, 6) is 0.941. The Morgan fingerprint density at radius 1 is 1.19 bits per heavy atom. The van der Waals surface area contributed by atoms with E-state index in [0.717, 1.165) is 18.8 Å². The van der Waals surface area contributed by atoms with Gasteiger partial charge in [-0.1, -0.05) is 25.1 Å². The smallest absolute Gasteiger partial charge is 0.120 e. The summed E-state index contributed by atoms with van der Waals surface area (Å²) in [5, 5.41) is 3.22. The van der Waals surface area contributed by atoms with Gasteiger partial charge >= 0.3 is 0 Å². The van der Waals surface area contributed by atoms with Crippen LogP contribution in [0.3, 0.4) is 0 Å². The third-order valence-electron chi connectivity index (χ3n) is 2.50. The minimum atomic E-state index is 0.633. The van der Waals surface area contributed by atoms with Crippen molar-refractivity contribution >= 4 is 0 Å². The van der Waals surface area contributed by atoms with Crippen LogP contribution < -0.4 is 10.1 Å². The van der Waals surface area contributed by atoms with E-state index in [9.17, 15) is 0 Å². The average Bonchev–Trinajstić information content (AvgIpc) is 2.28. The second kappa shape index (κ2) is 7.07. The Morgan fingerprint density at radius 2 is 2.00 bits per heavy atom. The molecule has 1 aromatic carbocycles. The standard InChI is InChI=1S/C14H21NO/c1-4-15-9-5-6-10-16-14-8-7-12(2)13(3)11-14/h5-8,11,15H,4,9-10H2,1-3H3/b6-5+. The van der Waals surface area contributed by atoms with Crippen LogP contribution >= 0.6 is 0 Å². The van der Waals surface area contributed by atoms with Gasteiger partial charge in [-0.3, -0.25) is 0 Å². The average molecular weight is 219 g/mol. The van der Waals surface area contributed by atoms with E-state index in [-0.39, 0.29) is 0 Å². The monoisotopic (exact) mass is 219 g/mol. The molecule has 0 saturated carbocycles. The van der Waals surface area contributed by atoms with Crippen molar-refractivity contribution < 1.29 is 4.74 Å². The van der Waals surface area contributed by atoms with Crippen molar-refractivity contribution in [2.75, 3.05) is 19.7 Å². The highest BCUT2D eigenvalue weighted by molar-refractivity contribution is 5.33. The Kier molecular flexibility index (Phi) is 5.65. The lowest BCUT2D eigenvalue weighted by molar-refractivity contribution is 0.362. The van der Waals surface area contributed by atoms with Crippen LogP contribution in [0, 0.1) is 13.8 Å². The summed E-state index contributed by atoms with van der Waals surface area (Å²) in [6, 6.07) is 6.18. The van der Waals surface area contributed by atoms with E-state index in [1.54, 1.807) is 0 Å². The van der Waals surface area contributed by atoms with Gasteiger partial charge in [0.1, 0.15) is 12.4 Å². The molecule has 0 saturated heterocycles. The summed E-state index contributed by atoms with van der Waals surface area (Å²) in [6.07, 6.45) is 4.13. The zero-order chi connectivity index (χ0) is 11.8. The van der Waals surface area contributed by atoms with Gasteiger partial charge < -0.3 is 10.1 Å². The lowest BCUT2D eigenvalue weighted by Crippen LogP contribution is -2.11. The molecule has 2 heteroatoms. The molecule has 0 aliphatic rings. The van der Waals surface area contributed by atoms with Crippen LogP contribution in [0.4, 0.5) is 0 Å². The zero-order valence-electron chi connectivity index (χ0n) is 10.4. The molecule has 1 rings (SSSR count). The number of nitrogens with one attached hydrogen (secondary N) is 1. The van der Waals surface area contributed by atoms with Crippen molar-refractivity contribution in [3.63, 3.8) is 0 Å². The first-order valence-electron chi connectivity index (χ1n) is 5.79. The minimum absolute atomic E-state index is 0.633. The van der Waals surface area contributed by atoms with Crippen LogP contribution in [-0.2, 0) is 0 Å². The Balaban J connectivity index is 2.32. The molecule has 0 heterocycles. The van der Waals surface area contributed by atoms with Gasteiger partial charge in [0, 0.05) is 6.54 Å². The fourth-order valence-electron chi connectivity index (χ4n) is 1.33.